The standard InChI is InChI=1S/C17H19N3O2.ClH/c1-10-7-11(2)9-13(8-10)15(17(21)22)20-14-5-3-12(4-6-14)16(18)19;/h3-9,15,20H,1-2H3,(H3,18,19)(H,21,22);1H/p-1. The maximum absolute atomic E-state index is 11.5. The molecular formula is C17H19ClN3O2-. The summed E-state index contributed by atoms with van der Waals surface area (Å²) in [5.41, 5.74) is 9.24. The number of carbonyl (C=O) groups is 1. The molecule has 2 aromatic carbocycles. The van der Waals surface area contributed by atoms with Gasteiger partial charge in [0.2, 0.25) is 0 Å². The fourth-order valence-electron chi connectivity index (χ4n) is 2.37. The lowest BCUT2D eigenvalue weighted by Gasteiger charge is -2.22. The molecule has 0 aliphatic rings. The normalized spacial score (nSPS) is 11.2. The number of amidine groups is 1. The van der Waals surface area contributed by atoms with E-state index in [1.54, 1.807) is 24.3 Å². The molecule has 0 spiro atoms. The summed E-state index contributed by atoms with van der Waals surface area (Å²) in [6.07, 6.45) is 0. The highest BCUT2D eigenvalue weighted by Crippen LogP contribution is 2.22. The lowest BCUT2D eigenvalue weighted by Crippen LogP contribution is -2.34. The van der Waals surface area contributed by atoms with E-state index in [1.807, 2.05) is 32.0 Å². The smallest absolute Gasteiger partial charge is 0.122 e. The number of halogens is 1. The van der Waals surface area contributed by atoms with E-state index in [0.29, 0.717) is 16.8 Å². The fourth-order valence-corrected chi connectivity index (χ4v) is 2.37. The molecule has 1 atom stereocenters. The van der Waals surface area contributed by atoms with Crippen LogP contribution in [0.3, 0.4) is 0 Å². The van der Waals surface area contributed by atoms with Gasteiger partial charge in [-0.3, -0.25) is 5.41 Å². The van der Waals surface area contributed by atoms with Gasteiger partial charge in [-0.2, -0.15) is 0 Å². The molecule has 2 aromatic rings. The van der Waals surface area contributed by atoms with Crippen LogP contribution < -0.4 is 16.2 Å². The van der Waals surface area contributed by atoms with Gasteiger partial charge in [-0.15, -0.1) is 12.4 Å². The van der Waals surface area contributed by atoms with Crippen LogP contribution in [0.1, 0.15) is 28.3 Å². The van der Waals surface area contributed by atoms with E-state index in [-0.39, 0.29) is 18.2 Å². The van der Waals surface area contributed by atoms with E-state index in [0.717, 1.165) is 11.1 Å². The first-order valence-corrected chi connectivity index (χ1v) is 6.87. The van der Waals surface area contributed by atoms with Gasteiger partial charge in [0, 0.05) is 11.3 Å². The van der Waals surface area contributed by atoms with E-state index < -0.39 is 12.0 Å². The van der Waals surface area contributed by atoms with E-state index >= 15 is 0 Å². The van der Waals surface area contributed by atoms with Crippen LogP contribution in [-0.4, -0.2) is 11.8 Å². The predicted octanol–water partition coefficient (Wildman–Crippen LogP) is 1.91. The number of aryl methyl sites for hydroxylation is 2. The lowest BCUT2D eigenvalue weighted by atomic mass is 10.0. The second-order valence-electron chi connectivity index (χ2n) is 5.31. The Hall–Kier alpha value is -2.53. The summed E-state index contributed by atoms with van der Waals surface area (Å²) in [7, 11) is 0. The third-order valence-electron chi connectivity index (χ3n) is 3.32. The first-order valence-electron chi connectivity index (χ1n) is 6.87. The number of anilines is 1. The Kier molecular flexibility index (Phi) is 6.16. The van der Waals surface area contributed by atoms with Crippen LogP contribution in [0.2, 0.25) is 0 Å². The van der Waals surface area contributed by atoms with Crippen molar-refractivity contribution >= 4 is 29.9 Å². The van der Waals surface area contributed by atoms with Crippen LogP contribution >= 0.6 is 12.4 Å². The van der Waals surface area contributed by atoms with Gasteiger partial charge in [-0.1, -0.05) is 29.3 Å². The minimum absolute atomic E-state index is 0. The van der Waals surface area contributed by atoms with E-state index in [2.05, 4.69) is 5.32 Å². The molecule has 0 amide bonds. The fraction of sp³-hybridized carbons (Fsp3) is 0.176. The summed E-state index contributed by atoms with van der Waals surface area (Å²) in [6.45, 7) is 3.84. The zero-order valence-electron chi connectivity index (χ0n) is 12.9. The van der Waals surface area contributed by atoms with Crippen molar-refractivity contribution in [1.82, 2.24) is 0 Å². The van der Waals surface area contributed by atoms with Crippen molar-refractivity contribution in [3.63, 3.8) is 0 Å². The van der Waals surface area contributed by atoms with Crippen molar-refractivity contribution < 1.29 is 9.90 Å². The molecule has 1 unspecified atom stereocenters. The molecule has 0 fully saturated rings. The number of carboxylic acid groups (broad SMARTS) is 1. The van der Waals surface area contributed by atoms with Gasteiger partial charge in [-0.25, -0.2) is 0 Å². The highest BCUT2D eigenvalue weighted by Gasteiger charge is 2.13. The molecule has 4 N–H and O–H groups in total. The van der Waals surface area contributed by atoms with Crippen molar-refractivity contribution in [2.45, 2.75) is 19.9 Å². The first-order chi connectivity index (χ1) is 10.4. The molecule has 0 saturated heterocycles. The molecule has 0 aromatic heterocycles. The number of nitrogen functional groups attached to an aromatic ring is 1. The first kappa shape index (κ1) is 18.5. The SMILES string of the molecule is Cc1cc(C)cc(C(Nc2ccc(C(=N)N)cc2)C(=O)[O-])c1.Cl. The van der Waals surface area contributed by atoms with Crippen LogP contribution in [0, 0.1) is 19.3 Å². The van der Waals surface area contributed by atoms with Crippen molar-refractivity contribution in [3.05, 3.63) is 64.7 Å². The number of carboxylic acids is 1. The molecule has 23 heavy (non-hydrogen) atoms. The van der Waals surface area contributed by atoms with Gasteiger partial charge in [0.05, 0.1) is 12.0 Å². The van der Waals surface area contributed by atoms with Gasteiger partial charge in [0.15, 0.2) is 0 Å². The highest BCUT2D eigenvalue weighted by atomic mass is 35.5. The summed E-state index contributed by atoms with van der Waals surface area (Å²) in [6, 6.07) is 11.4. The summed E-state index contributed by atoms with van der Waals surface area (Å²) in [4.78, 5) is 11.5. The summed E-state index contributed by atoms with van der Waals surface area (Å²) in [5, 5.41) is 21.8. The topological polar surface area (TPSA) is 102 Å². The molecule has 0 aliphatic carbocycles. The Bertz CT molecular complexity index is 694. The maximum atomic E-state index is 11.5. The highest BCUT2D eigenvalue weighted by molar-refractivity contribution is 5.95. The van der Waals surface area contributed by atoms with Crippen LogP contribution in [0.15, 0.2) is 42.5 Å². The van der Waals surface area contributed by atoms with Gasteiger partial charge >= 0.3 is 0 Å². The molecule has 0 aliphatic heterocycles. The molecule has 2 rings (SSSR count). The Morgan fingerprint density at radius 1 is 1.13 bits per heavy atom. The lowest BCUT2D eigenvalue weighted by molar-refractivity contribution is -0.307. The number of rotatable bonds is 5. The summed E-state index contributed by atoms with van der Waals surface area (Å²) in [5.74, 6) is -1.22. The Morgan fingerprint density at radius 2 is 1.65 bits per heavy atom. The predicted molar refractivity (Wildman–Crippen MR) is 92.0 cm³/mol. The van der Waals surface area contributed by atoms with E-state index in [9.17, 15) is 9.90 Å². The zero-order chi connectivity index (χ0) is 16.3. The molecule has 5 nitrogen and oxygen atoms in total. The number of hydrogen-bond acceptors (Lipinski definition) is 4. The molecule has 0 radical (unpaired) electrons. The van der Waals surface area contributed by atoms with Gasteiger partial charge in [0.25, 0.3) is 0 Å². The maximum Gasteiger partial charge on any atom is 0.122 e. The number of nitrogens with one attached hydrogen (secondary N) is 2. The number of benzene rings is 2. The minimum atomic E-state index is -1.19. The summed E-state index contributed by atoms with van der Waals surface area (Å²) < 4.78 is 0. The molecule has 0 heterocycles. The number of aliphatic carboxylic acids is 1. The Labute approximate surface area is 141 Å². The monoisotopic (exact) mass is 332 g/mol. The van der Waals surface area contributed by atoms with Crippen LogP contribution in [0.4, 0.5) is 5.69 Å². The number of hydrogen-bond donors (Lipinski definition) is 3. The van der Waals surface area contributed by atoms with Crippen molar-refractivity contribution in [2.24, 2.45) is 5.73 Å². The third kappa shape index (κ3) is 4.72. The minimum Gasteiger partial charge on any atom is -0.548 e. The molecule has 0 bridgehead atoms. The van der Waals surface area contributed by atoms with Crippen molar-refractivity contribution in [3.8, 4) is 0 Å². The van der Waals surface area contributed by atoms with Gasteiger partial charge in [0.1, 0.15) is 5.84 Å². The third-order valence-corrected chi connectivity index (χ3v) is 3.32. The molecular weight excluding hydrogens is 314 g/mol. The van der Waals surface area contributed by atoms with Crippen LogP contribution in [-0.2, 0) is 4.79 Å². The van der Waals surface area contributed by atoms with Gasteiger partial charge < -0.3 is 21.0 Å². The zero-order valence-corrected chi connectivity index (χ0v) is 13.7. The Balaban J connectivity index is 0.00000264. The Morgan fingerprint density at radius 3 is 2.09 bits per heavy atom. The summed E-state index contributed by atoms with van der Waals surface area (Å²) >= 11 is 0. The van der Waals surface area contributed by atoms with Crippen molar-refractivity contribution in [1.29, 1.82) is 5.41 Å². The van der Waals surface area contributed by atoms with E-state index in [1.165, 1.54) is 0 Å². The molecule has 6 heteroatoms. The van der Waals surface area contributed by atoms with Crippen LogP contribution in [0.5, 0.6) is 0 Å². The van der Waals surface area contributed by atoms with Crippen molar-refractivity contribution in [2.75, 3.05) is 5.32 Å². The largest absolute Gasteiger partial charge is 0.548 e. The molecule has 0 saturated carbocycles. The van der Waals surface area contributed by atoms with Crippen LogP contribution in [0.25, 0.3) is 0 Å². The number of nitrogens with two attached hydrogens (primary N) is 1. The molecule has 122 valence electrons. The second kappa shape index (κ2) is 7.65. The average molecular weight is 333 g/mol. The van der Waals surface area contributed by atoms with Gasteiger partial charge in [-0.05, 0) is 43.7 Å². The average Bonchev–Trinajstić information content (AvgIpc) is 2.43. The van der Waals surface area contributed by atoms with E-state index in [4.69, 9.17) is 11.1 Å². The number of carbonyl (C=O) groups excluding carboxylic acids is 1. The second-order valence-corrected chi connectivity index (χ2v) is 5.31. The quantitative estimate of drug-likeness (QED) is 0.575.